The van der Waals surface area contributed by atoms with Crippen LogP contribution in [0, 0.1) is 0 Å². The molecule has 1 aromatic carbocycles. The summed E-state index contributed by atoms with van der Waals surface area (Å²) in [5.41, 5.74) is 2.42. The molecule has 0 spiro atoms. The van der Waals surface area contributed by atoms with Crippen LogP contribution in [0.15, 0.2) is 50.7 Å². The fourth-order valence-corrected chi connectivity index (χ4v) is 4.14. The molecule has 0 bridgehead atoms. The van der Waals surface area contributed by atoms with E-state index < -0.39 is 5.63 Å². The van der Waals surface area contributed by atoms with E-state index in [1.54, 1.807) is 0 Å². The second-order valence-corrected chi connectivity index (χ2v) is 10.4. The van der Waals surface area contributed by atoms with Crippen LogP contribution in [0.5, 0.6) is 17.2 Å². The molecule has 0 N–H and O–H groups in total. The van der Waals surface area contributed by atoms with E-state index in [9.17, 15) is 4.79 Å². The summed E-state index contributed by atoms with van der Waals surface area (Å²) in [6, 6.07) is 5.58. The predicted octanol–water partition coefficient (Wildman–Crippen LogP) is 9.17. The number of benzene rings is 1. The SMILES string of the molecule is CCCCCCCCCCOc1c(OCC=C(C)CCC=C(C)C)c2cccc(OC(C)C)c2oc1=O. The lowest BCUT2D eigenvalue weighted by Gasteiger charge is -2.16. The zero-order chi connectivity index (χ0) is 27.0. The number of hydrogen-bond donors (Lipinski definition) is 0. The van der Waals surface area contributed by atoms with Gasteiger partial charge in [0.05, 0.1) is 18.1 Å². The van der Waals surface area contributed by atoms with Crippen LogP contribution in [0.1, 0.15) is 106 Å². The first-order valence-electron chi connectivity index (χ1n) is 14.1. The number of fused-ring (bicyclic) bond motifs is 1. The minimum Gasteiger partial charge on any atom is -0.487 e. The largest absolute Gasteiger partial charge is 0.487 e. The normalized spacial score (nSPS) is 11.7. The number of rotatable bonds is 18. The Labute approximate surface area is 223 Å². The van der Waals surface area contributed by atoms with Gasteiger partial charge in [-0.3, -0.25) is 0 Å². The van der Waals surface area contributed by atoms with Crippen LogP contribution in [0.3, 0.4) is 0 Å². The summed E-state index contributed by atoms with van der Waals surface area (Å²) < 4.78 is 23.8. The van der Waals surface area contributed by atoms with Crippen molar-refractivity contribution in [3.63, 3.8) is 0 Å². The lowest BCUT2D eigenvalue weighted by molar-refractivity contribution is 0.239. The van der Waals surface area contributed by atoms with Gasteiger partial charge in [0.15, 0.2) is 17.1 Å². The van der Waals surface area contributed by atoms with Gasteiger partial charge in [-0.25, -0.2) is 4.79 Å². The van der Waals surface area contributed by atoms with E-state index in [1.807, 2.05) is 32.0 Å². The first kappa shape index (κ1) is 30.5. The maximum atomic E-state index is 13.0. The molecule has 0 saturated carbocycles. The van der Waals surface area contributed by atoms with E-state index in [0.717, 1.165) is 25.7 Å². The molecule has 2 rings (SSSR count). The molecule has 0 aliphatic carbocycles. The minimum atomic E-state index is -0.536. The molecule has 0 radical (unpaired) electrons. The van der Waals surface area contributed by atoms with Gasteiger partial charge in [-0.05, 0) is 72.1 Å². The molecule has 206 valence electrons. The van der Waals surface area contributed by atoms with Crippen molar-refractivity contribution in [2.45, 2.75) is 112 Å². The number of hydrogen-bond acceptors (Lipinski definition) is 5. The molecule has 1 aromatic heterocycles. The van der Waals surface area contributed by atoms with Gasteiger partial charge in [-0.1, -0.05) is 75.2 Å². The summed E-state index contributed by atoms with van der Waals surface area (Å²) in [6.07, 6.45) is 15.8. The molecule has 37 heavy (non-hydrogen) atoms. The van der Waals surface area contributed by atoms with E-state index in [-0.39, 0.29) is 11.9 Å². The standard InChI is InChI=1S/C32H48O5/c1-7-8-9-10-11-12-13-14-22-34-31-30(35-23-21-26(6)18-15-17-24(2)3)27-19-16-20-28(36-25(4)5)29(27)37-32(31)33/h16-17,19-21,25H,7-15,18,22-23H2,1-6H3. The van der Waals surface area contributed by atoms with E-state index in [4.69, 9.17) is 18.6 Å². The van der Waals surface area contributed by atoms with Crippen molar-refractivity contribution < 1.29 is 18.6 Å². The molecule has 0 amide bonds. The third-order valence-electron chi connectivity index (χ3n) is 6.17. The maximum absolute atomic E-state index is 13.0. The van der Waals surface area contributed by atoms with Gasteiger partial charge in [0.1, 0.15) is 6.61 Å². The Morgan fingerprint density at radius 3 is 2.30 bits per heavy atom. The molecule has 2 aromatic rings. The van der Waals surface area contributed by atoms with Gasteiger partial charge in [-0.2, -0.15) is 0 Å². The molecule has 1 heterocycles. The maximum Gasteiger partial charge on any atom is 0.383 e. The topological polar surface area (TPSA) is 57.9 Å². The quantitative estimate of drug-likeness (QED) is 0.113. The fourth-order valence-electron chi connectivity index (χ4n) is 4.14. The minimum absolute atomic E-state index is 0.0513. The van der Waals surface area contributed by atoms with Crippen LogP contribution in [-0.2, 0) is 0 Å². The van der Waals surface area contributed by atoms with Crippen molar-refractivity contribution in [3.05, 3.63) is 51.9 Å². The van der Waals surface area contributed by atoms with Crippen LogP contribution >= 0.6 is 0 Å². The Balaban J connectivity index is 2.16. The zero-order valence-electron chi connectivity index (χ0n) is 24.0. The van der Waals surface area contributed by atoms with E-state index in [0.29, 0.717) is 35.7 Å². The third kappa shape index (κ3) is 11.1. The predicted molar refractivity (Wildman–Crippen MR) is 154 cm³/mol. The number of ether oxygens (including phenoxy) is 3. The highest BCUT2D eigenvalue weighted by Gasteiger charge is 2.20. The Morgan fingerprint density at radius 2 is 1.62 bits per heavy atom. The second-order valence-electron chi connectivity index (χ2n) is 10.4. The van der Waals surface area contributed by atoms with Crippen molar-refractivity contribution >= 4 is 11.0 Å². The van der Waals surface area contributed by atoms with Crippen molar-refractivity contribution in [2.24, 2.45) is 0 Å². The Morgan fingerprint density at radius 1 is 0.919 bits per heavy atom. The van der Waals surface area contributed by atoms with Crippen LogP contribution < -0.4 is 19.8 Å². The highest BCUT2D eigenvalue weighted by Crippen LogP contribution is 2.37. The van der Waals surface area contributed by atoms with E-state index >= 15 is 0 Å². The number of para-hydroxylation sites is 1. The van der Waals surface area contributed by atoms with Crippen LogP contribution in [0.2, 0.25) is 0 Å². The molecular formula is C32H48O5. The first-order chi connectivity index (χ1) is 17.8. The van der Waals surface area contributed by atoms with Crippen molar-refractivity contribution in [2.75, 3.05) is 13.2 Å². The van der Waals surface area contributed by atoms with Gasteiger partial charge in [-0.15, -0.1) is 0 Å². The fraction of sp³-hybridized carbons (Fsp3) is 0.594. The average molecular weight is 513 g/mol. The zero-order valence-corrected chi connectivity index (χ0v) is 24.0. The molecule has 0 aliphatic rings. The summed E-state index contributed by atoms with van der Waals surface area (Å²) in [6.45, 7) is 13.3. The highest BCUT2D eigenvalue weighted by molar-refractivity contribution is 5.89. The lowest BCUT2D eigenvalue weighted by Crippen LogP contribution is -2.12. The van der Waals surface area contributed by atoms with Gasteiger partial charge < -0.3 is 18.6 Å². The molecule has 5 nitrogen and oxygen atoms in total. The van der Waals surface area contributed by atoms with Gasteiger partial charge in [0.25, 0.3) is 0 Å². The summed E-state index contributed by atoms with van der Waals surface area (Å²) >= 11 is 0. The van der Waals surface area contributed by atoms with Crippen LogP contribution in [-0.4, -0.2) is 19.3 Å². The molecule has 0 aliphatic heterocycles. The molecule has 0 atom stereocenters. The third-order valence-corrected chi connectivity index (χ3v) is 6.17. The Kier molecular flexibility index (Phi) is 14.0. The summed E-state index contributed by atoms with van der Waals surface area (Å²) in [5, 5.41) is 0.680. The van der Waals surface area contributed by atoms with E-state index in [2.05, 4.69) is 39.8 Å². The van der Waals surface area contributed by atoms with Crippen molar-refractivity contribution in [3.8, 4) is 17.2 Å². The molecular weight excluding hydrogens is 464 g/mol. The summed E-state index contributed by atoms with van der Waals surface area (Å²) in [5.74, 6) is 1.10. The molecule has 0 saturated heterocycles. The van der Waals surface area contributed by atoms with Crippen molar-refractivity contribution in [1.82, 2.24) is 0 Å². The van der Waals surface area contributed by atoms with Crippen LogP contribution in [0.4, 0.5) is 0 Å². The van der Waals surface area contributed by atoms with Gasteiger partial charge in [0, 0.05) is 0 Å². The monoisotopic (exact) mass is 512 g/mol. The Hall–Kier alpha value is -2.69. The smallest absolute Gasteiger partial charge is 0.383 e. The summed E-state index contributed by atoms with van der Waals surface area (Å²) in [7, 11) is 0. The first-order valence-corrected chi connectivity index (χ1v) is 14.1. The Bertz CT molecular complexity index is 1060. The van der Waals surface area contributed by atoms with E-state index in [1.165, 1.54) is 49.7 Å². The second kappa shape index (κ2) is 16.9. The van der Waals surface area contributed by atoms with Gasteiger partial charge >= 0.3 is 5.63 Å². The average Bonchev–Trinajstić information content (AvgIpc) is 2.84. The van der Waals surface area contributed by atoms with Crippen LogP contribution in [0.25, 0.3) is 11.0 Å². The molecule has 5 heteroatoms. The highest BCUT2D eigenvalue weighted by atomic mass is 16.5. The molecule has 0 fully saturated rings. The summed E-state index contributed by atoms with van der Waals surface area (Å²) in [4.78, 5) is 13.0. The number of allylic oxidation sites excluding steroid dienone is 3. The number of unbranched alkanes of at least 4 members (excludes halogenated alkanes) is 7. The molecule has 0 unspecified atom stereocenters. The van der Waals surface area contributed by atoms with Crippen molar-refractivity contribution in [1.29, 1.82) is 0 Å². The van der Waals surface area contributed by atoms with Gasteiger partial charge in [0.2, 0.25) is 5.75 Å². The lowest BCUT2D eigenvalue weighted by atomic mass is 10.1.